The fourth-order valence-electron chi connectivity index (χ4n) is 2.02. The average Bonchev–Trinajstić information content (AvgIpc) is 2.28. The first-order valence-electron chi connectivity index (χ1n) is 5.66. The van der Waals surface area contributed by atoms with E-state index in [1.54, 1.807) is 0 Å². The van der Waals surface area contributed by atoms with Gasteiger partial charge in [0.15, 0.2) is 0 Å². The quantitative estimate of drug-likeness (QED) is 0.844. The van der Waals surface area contributed by atoms with Crippen molar-refractivity contribution in [1.82, 2.24) is 5.32 Å². The molecule has 2 rings (SSSR count). The van der Waals surface area contributed by atoms with Crippen LogP contribution in [0.1, 0.15) is 12.8 Å². The smallest absolute Gasteiger partial charge is 0.129 e. The Bertz CT molecular complexity index is 367. The lowest BCUT2D eigenvalue weighted by molar-refractivity contribution is 0.0828. The molecule has 2 N–H and O–H groups in total. The van der Waals surface area contributed by atoms with Gasteiger partial charge in [0.2, 0.25) is 0 Å². The minimum absolute atomic E-state index is 0.0531. The maximum Gasteiger partial charge on any atom is 0.129 e. The molecule has 1 aromatic rings. The summed E-state index contributed by atoms with van der Waals surface area (Å²) < 4.78 is 31.5. The highest BCUT2D eigenvalue weighted by Crippen LogP contribution is 2.21. The molecule has 0 bridgehead atoms. The summed E-state index contributed by atoms with van der Waals surface area (Å²) in [5, 5.41) is 12.3. The summed E-state index contributed by atoms with van der Waals surface area (Å²) in [5.41, 5.74) is 0. The fraction of sp³-hybridized carbons (Fsp3) is 0.500. The van der Waals surface area contributed by atoms with Crippen molar-refractivity contribution >= 4 is 0 Å². The third kappa shape index (κ3) is 3.14. The number of ether oxygens (including phenoxy) is 1. The third-order valence-electron chi connectivity index (χ3n) is 2.84. The molecule has 5 heteroatoms. The van der Waals surface area contributed by atoms with Gasteiger partial charge >= 0.3 is 0 Å². The van der Waals surface area contributed by atoms with Crippen LogP contribution >= 0.6 is 0 Å². The van der Waals surface area contributed by atoms with E-state index in [0.717, 1.165) is 37.6 Å². The lowest BCUT2D eigenvalue weighted by Gasteiger charge is -2.31. The van der Waals surface area contributed by atoms with Crippen LogP contribution in [-0.2, 0) is 0 Å². The second kappa shape index (κ2) is 5.42. The molecule has 0 unspecified atom stereocenters. The number of hydrogen-bond acceptors (Lipinski definition) is 3. The number of aliphatic hydroxyl groups excluding tert-OH is 1. The number of piperidine rings is 1. The van der Waals surface area contributed by atoms with Crippen molar-refractivity contribution in [3.8, 4) is 5.75 Å². The van der Waals surface area contributed by atoms with Gasteiger partial charge in [-0.15, -0.1) is 0 Å². The number of aliphatic hydroxyl groups is 1. The Labute approximate surface area is 98.4 Å². The van der Waals surface area contributed by atoms with Crippen molar-refractivity contribution in [3.63, 3.8) is 0 Å². The largest absolute Gasteiger partial charge is 0.488 e. The Kier molecular flexibility index (Phi) is 3.91. The van der Waals surface area contributed by atoms with Gasteiger partial charge in [0.05, 0.1) is 12.6 Å². The molecular weight excluding hydrogens is 228 g/mol. The van der Waals surface area contributed by atoms with Gasteiger partial charge in [-0.25, -0.2) is 8.78 Å². The highest BCUT2D eigenvalue weighted by Gasteiger charge is 2.25. The predicted molar refractivity (Wildman–Crippen MR) is 58.9 cm³/mol. The summed E-state index contributed by atoms with van der Waals surface area (Å²) in [7, 11) is 0. The van der Waals surface area contributed by atoms with Crippen LogP contribution in [0.4, 0.5) is 8.78 Å². The van der Waals surface area contributed by atoms with Crippen molar-refractivity contribution < 1.29 is 18.6 Å². The highest BCUT2D eigenvalue weighted by atomic mass is 19.1. The van der Waals surface area contributed by atoms with Gasteiger partial charge in [0, 0.05) is 18.2 Å². The third-order valence-corrected chi connectivity index (χ3v) is 2.84. The first kappa shape index (κ1) is 12.3. The van der Waals surface area contributed by atoms with E-state index in [2.05, 4.69) is 5.32 Å². The first-order chi connectivity index (χ1) is 8.19. The van der Waals surface area contributed by atoms with Crippen LogP contribution < -0.4 is 10.1 Å². The van der Waals surface area contributed by atoms with Gasteiger partial charge in [0.25, 0.3) is 0 Å². The van der Waals surface area contributed by atoms with Crippen LogP contribution in [0.3, 0.4) is 0 Å². The first-order valence-corrected chi connectivity index (χ1v) is 5.66. The van der Waals surface area contributed by atoms with Gasteiger partial charge in [-0.1, -0.05) is 0 Å². The maximum absolute atomic E-state index is 13.0. The standard InChI is InChI=1S/C12H15F2NO2/c13-8-4-9(14)6-10(5-8)17-12-2-1-3-15-11(12)7-16/h4-6,11-12,15-16H,1-3,7H2/t11-,12-/m0/s1. The van der Waals surface area contributed by atoms with Gasteiger partial charge < -0.3 is 15.2 Å². The zero-order valence-electron chi connectivity index (χ0n) is 9.33. The van der Waals surface area contributed by atoms with E-state index in [9.17, 15) is 8.78 Å². The Hall–Kier alpha value is -1.20. The minimum atomic E-state index is -0.663. The molecule has 2 atom stereocenters. The van der Waals surface area contributed by atoms with Crippen molar-refractivity contribution in [3.05, 3.63) is 29.8 Å². The van der Waals surface area contributed by atoms with Gasteiger partial charge in [0.1, 0.15) is 23.5 Å². The van der Waals surface area contributed by atoms with Gasteiger partial charge in [-0.05, 0) is 19.4 Å². The summed E-state index contributed by atoms with van der Waals surface area (Å²) in [6.45, 7) is 0.769. The summed E-state index contributed by atoms with van der Waals surface area (Å²) in [4.78, 5) is 0. The second-order valence-electron chi connectivity index (χ2n) is 4.15. The maximum atomic E-state index is 13.0. The van der Waals surface area contributed by atoms with Gasteiger partial charge in [-0.2, -0.15) is 0 Å². The van der Waals surface area contributed by atoms with E-state index in [1.165, 1.54) is 0 Å². The number of benzene rings is 1. The molecule has 0 amide bonds. The lowest BCUT2D eigenvalue weighted by atomic mass is 10.0. The SMILES string of the molecule is OC[C@@H]1NCCC[C@@H]1Oc1cc(F)cc(F)c1. The van der Waals surface area contributed by atoms with E-state index in [0.29, 0.717) is 0 Å². The molecule has 94 valence electrons. The molecule has 1 fully saturated rings. The molecule has 0 radical (unpaired) electrons. The van der Waals surface area contributed by atoms with Crippen LogP contribution in [0.25, 0.3) is 0 Å². The summed E-state index contributed by atoms with van der Waals surface area (Å²) in [6.07, 6.45) is 1.42. The molecule has 0 aliphatic carbocycles. The molecule has 1 aliphatic rings. The molecular formula is C12H15F2NO2. The Morgan fingerprint density at radius 1 is 1.29 bits per heavy atom. The van der Waals surface area contributed by atoms with Crippen LogP contribution in [0.5, 0.6) is 5.75 Å². The molecule has 1 heterocycles. The minimum Gasteiger partial charge on any atom is -0.488 e. The van der Waals surface area contributed by atoms with E-state index >= 15 is 0 Å². The number of nitrogens with one attached hydrogen (secondary N) is 1. The molecule has 0 spiro atoms. The zero-order valence-corrected chi connectivity index (χ0v) is 9.33. The molecule has 0 saturated carbocycles. The number of rotatable bonds is 3. The predicted octanol–water partition coefficient (Wildman–Crippen LogP) is 1.46. The van der Waals surface area contributed by atoms with E-state index in [-0.39, 0.29) is 24.5 Å². The highest BCUT2D eigenvalue weighted by molar-refractivity contribution is 5.24. The topological polar surface area (TPSA) is 41.5 Å². The summed E-state index contributed by atoms with van der Waals surface area (Å²) in [5.74, 6) is -1.16. The van der Waals surface area contributed by atoms with Crippen LogP contribution in [0, 0.1) is 11.6 Å². The lowest BCUT2D eigenvalue weighted by Crippen LogP contribution is -2.49. The van der Waals surface area contributed by atoms with Gasteiger partial charge in [-0.3, -0.25) is 0 Å². The number of hydrogen-bond donors (Lipinski definition) is 2. The van der Waals surface area contributed by atoms with Crippen LogP contribution in [0.2, 0.25) is 0 Å². The Balaban J connectivity index is 2.08. The molecule has 1 saturated heterocycles. The zero-order chi connectivity index (χ0) is 12.3. The fourth-order valence-corrected chi connectivity index (χ4v) is 2.02. The molecule has 1 aromatic carbocycles. The van der Waals surface area contributed by atoms with E-state index in [1.807, 2.05) is 0 Å². The Morgan fingerprint density at radius 3 is 2.65 bits per heavy atom. The second-order valence-corrected chi connectivity index (χ2v) is 4.15. The number of halogens is 2. The van der Waals surface area contributed by atoms with E-state index in [4.69, 9.17) is 9.84 Å². The Morgan fingerprint density at radius 2 is 2.00 bits per heavy atom. The van der Waals surface area contributed by atoms with Crippen molar-refractivity contribution in [2.24, 2.45) is 0 Å². The average molecular weight is 243 g/mol. The van der Waals surface area contributed by atoms with Crippen molar-refractivity contribution in [1.29, 1.82) is 0 Å². The van der Waals surface area contributed by atoms with Crippen LogP contribution in [-0.4, -0.2) is 30.4 Å². The molecule has 1 aliphatic heterocycles. The molecule has 3 nitrogen and oxygen atoms in total. The van der Waals surface area contributed by atoms with Crippen LogP contribution in [0.15, 0.2) is 18.2 Å². The summed E-state index contributed by atoms with van der Waals surface area (Å²) >= 11 is 0. The van der Waals surface area contributed by atoms with Crippen molar-refractivity contribution in [2.75, 3.05) is 13.2 Å². The normalized spacial score (nSPS) is 24.6. The summed E-state index contributed by atoms with van der Waals surface area (Å²) in [6, 6.07) is 2.91. The van der Waals surface area contributed by atoms with E-state index < -0.39 is 11.6 Å². The van der Waals surface area contributed by atoms with Crippen molar-refractivity contribution in [2.45, 2.75) is 25.0 Å². The molecule has 0 aromatic heterocycles. The monoisotopic (exact) mass is 243 g/mol. The molecule has 17 heavy (non-hydrogen) atoms.